The van der Waals surface area contributed by atoms with Crippen LogP contribution >= 0.6 is 0 Å². The summed E-state index contributed by atoms with van der Waals surface area (Å²) in [6, 6.07) is 7.54. The summed E-state index contributed by atoms with van der Waals surface area (Å²) in [5.74, 6) is 0.163. The molecule has 0 saturated carbocycles. The number of anilines is 2. The number of hydrogen-bond donors (Lipinski definition) is 2. The summed E-state index contributed by atoms with van der Waals surface area (Å²) in [4.78, 5) is 41.6. The number of methoxy groups -OCH3 is 1. The van der Waals surface area contributed by atoms with Gasteiger partial charge in [-0.2, -0.15) is 0 Å². The monoisotopic (exact) mass is 460 g/mol. The number of carbonyl (C=O) groups is 1. The molecular formula is C24H36N4O5. The van der Waals surface area contributed by atoms with E-state index in [1.165, 1.54) is 9.47 Å². The minimum Gasteiger partial charge on any atom is -0.484 e. The number of benzene rings is 1. The van der Waals surface area contributed by atoms with Crippen LogP contribution in [0.15, 0.2) is 33.9 Å². The molecule has 0 unspecified atom stereocenters. The lowest BCUT2D eigenvalue weighted by molar-refractivity contribution is -0.120. The minimum absolute atomic E-state index is 0.00410. The first-order valence-electron chi connectivity index (χ1n) is 11.1. The summed E-state index contributed by atoms with van der Waals surface area (Å²) in [5, 5.41) is 0. The number of amides is 1. The summed E-state index contributed by atoms with van der Waals surface area (Å²) < 4.78 is 12.1. The summed E-state index contributed by atoms with van der Waals surface area (Å²) in [5.41, 5.74) is 6.00. The number of nitrogens with two attached hydrogens (primary N) is 1. The second-order valence-electron chi connectivity index (χ2n) is 9.45. The predicted octanol–water partition coefficient (Wildman–Crippen LogP) is 2.52. The summed E-state index contributed by atoms with van der Waals surface area (Å²) >= 11 is 0. The lowest BCUT2D eigenvalue weighted by atomic mass is 9.87. The van der Waals surface area contributed by atoms with Gasteiger partial charge in [0.05, 0.1) is 0 Å². The fraction of sp³-hybridized carbons (Fsp3) is 0.542. The Morgan fingerprint density at radius 3 is 2.36 bits per heavy atom. The number of H-pyrrole nitrogens is 1. The average molecular weight is 461 g/mol. The summed E-state index contributed by atoms with van der Waals surface area (Å²) in [7, 11) is 1.56. The molecule has 33 heavy (non-hydrogen) atoms. The maximum Gasteiger partial charge on any atom is 0.330 e. The van der Waals surface area contributed by atoms with Crippen molar-refractivity contribution < 1.29 is 14.3 Å². The topological polar surface area (TPSA) is 120 Å². The SMILES string of the molecule is COCCCN(C(=O)COc1ccc(C(C)(C)C)cc1)c1c(N)n(CC(C)C)c(=O)[nH]c1=O. The molecule has 0 atom stereocenters. The number of aromatic nitrogens is 2. The van der Waals surface area contributed by atoms with Crippen molar-refractivity contribution in [3.05, 3.63) is 50.7 Å². The lowest BCUT2D eigenvalue weighted by Crippen LogP contribution is -2.43. The van der Waals surface area contributed by atoms with Gasteiger partial charge in [0.15, 0.2) is 12.3 Å². The number of nitrogen functional groups attached to an aromatic ring is 1. The molecule has 0 aliphatic heterocycles. The maximum absolute atomic E-state index is 13.1. The van der Waals surface area contributed by atoms with Gasteiger partial charge in [-0.05, 0) is 35.4 Å². The number of carbonyl (C=O) groups excluding carboxylic acids is 1. The van der Waals surface area contributed by atoms with Crippen LogP contribution in [0.5, 0.6) is 5.75 Å². The molecule has 0 radical (unpaired) electrons. The van der Waals surface area contributed by atoms with Gasteiger partial charge in [0, 0.05) is 26.8 Å². The second-order valence-corrected chi connectivity index (χ2v) is 9.45. The van der Waals surface area contributed by atoms with E-state index in [1.807, 2.05) is 38.1 Å². The zero-order valence-corrected chi connectivity index (χ0v) is 20.4. The normalized spacial score (nSPS) is 11.6. The average Bonchev–Trinajstić information content (AvgIpc) is 2.73. The molecule has 0 fully saturated rings. The fourth-order valence-corrected chi connectivity index (χ4v) is 3.39. The van der Waals surface area contributed by atoms with Crippen LogP contribution in [0.2, 0.25) is 0 Å². The molecule has 1 aromatic heterocycles. The van der Waals surface area contributed by atoms with E-state index in [4.69, 9.17) is 15.2 Å². The Kier molecular flexibility index (Phi) is 8.87. The summed E-state index contributed by atoms with van der Waals surface area (Å²) in [6.07, 6.45) is 0.477. The van der Waals surface area contributed by atoms with Crippen molar-refractivity contribution in [3.63, 3.8) is 0 Å². The fourth-order valence-electron chi connectivity index (χ4n) is 3.39. The first kappa shape index (κ1) is 26.2. The van der Waals surface area contributed by atoms with Crippen molar-refractivity contribution in [3.8, 4) is 5.75 Å². The Bertz CT molecular complexity index is 1050. The van der Waals surface area contributed by atoms with Crippen molar-refractivity contribution in [2.75, 3.05) is 37.5 Å². The van der Waals surface area contributed by atoms with Crippen molar-refractivity contribution in [2.24, 2.45) is 5.92 Å². The van der Waals surface area contributed by atoms with E-state index in [1.54, 1.807) is 7.11 Å². The highest BCUT2D eigenvalue weighted by atomic mass is 16.5. The van der Waals surface area contributed by atoms with Gasteiger partial charge in [-0.25, -0.2) is 4.79 Å². The van der Waals surface area contributed by atoms with Gasteiger partial charge in [0.25, 0.3) is 11.5 Å². The van der Waals surface area contributed by atoms with Gasteiger partial charge >= 0.3 is 5.69 Å². The lowest BCUT2D eigenvalue weighted by Gasteiger charge is -2.25. The van der Waals surface area contributed by atoms with Crippen LogP contribution in [0, 0.1) is 5.92 Å². The van der Waals surface area contributed by atoms with E-state index >= 15 is 0 Å². The zero-order valence-electron chi connectivity index (χ0n) is 20.4. The molecule has 3 N–H and O–H groups in total. The Hall–Kier alpha value is -3.07. The Balaban J connectivity index is 2.31. The van der Waals surface area contributed by atoms with E-state index in [-0.39, 0.29) is 36.0 Å². The number of nitrogens with one attached hydrogen (secondary N) is 1. The van der Waals surface area contributed by atoms with Gasteiger partial charge in [0.2, 0.25) is 0 Å². The van der Waals surface area contributed by atoms with Crippen molar-refractivity contribution in [1.29, 1.82) is 0 Å². The van der Waals surface area contributed by atoms with Crippen LogP contribution in [-0.2, 0) is 21.5 Å². The zero-order chi connectivity index (χ0) is 24.8. The molecule has 1 aromatic carbocycles. The molecule has 2 rings (SSSR count). The van der Waals surface area contributed by atoms with Gasteiger partial charge in [-0.1, -0.05) is 46.8 Å². The third-order valence-electron chi connectivity index (χ3n) is 5.15. The molecule has 0 aliphatic rings. The predicted molar refractivity (Wildman–Crippen MR) is 130 cm³/mol. The molecule has 0 aliphatic carbocycles. The van der Waals surface area contributed by atoms with Crippen LogP contribution in [0.4, 0.5) is 11.5 Å². The number of aromatic amines is 1. The van der Waals surface area contributed by atoms with E-state index in [0.29, 0.717) is 25.3 Å². The van der Waals surface area contributed by atoms with Gasteiger partial charge in [0.1, 0.15) is 11.6 Å². The van der Waals surface area contributed by atoms with Gasteiger partial charge < -0.3 is 20.1 Å². The first-order chi connectivity index (χ1) is 15.5. The molecule has 0 spiro atoms. The number of hydrogen-bond acceptors (Lipinski definition) is 6. The van der Waals surface area contributed by atoms with Crippen LogP contribution in [0.3, 0.4) is 0 Å². The van der Waals surface area contributed by atoms with E-state index in [2.05, 4.69) is 25.8 Å². The van der Waals surface area contributed by atoms with Crippen molar-refractivity contribution in [2.45, 2.75) is 53.0 Å². The smallest absolute Gasteiger partial charge is 0.330 e. The first-order valence-corrected chi connectivity index (χ1v) is 11.1. The van der Waals surface area contributed by atoms with E-state index < -0.39 is 17.2 Å². The van der Waals surface area contributed by atoms with Crippen molar-refractivity contribution in [1.82, 2.24) is 9.55 Å². The molecule has 1 heterocycles. The third-order valence-corrected chi connectivity index (χ3v) is 5.15. The maximum atomic E-state index is 13.1. The quantitative estimate of drug-likeness (QED) is 0.526. The van der Waals surface area contributed by atoms with Crippen LogP contribution in [0.25, 0.3) is 0 Å². The molecular weight excluding hydrogens is 424 g/mol. The van der Waals surface area contributed by atoms with E-state index in [9.17, 15) is 14.4 Å². The van der Waals surface area contributed by atoms with Crippen LogP contribution in [0.1, 0.15) is 46.6 Å². The second kappa shape index (κ2) is 11.2. The van der Waals surface area contributed by atoms with Gasteiger partial charge in [-0.15, -0.1) is 0 Å². The third kappa shape index (κ3) is 6.95. The molecule has 9 heteroatoms. The van der Waals surface area contributed by atoms with Crippen LogP contribution in [-0.4, -0.2) is 42.3 Å². The number of nitrogens with zero attached hydrogens (tertiary/aromatic N) is 2. The highest BCUT2D eigenvalue weighted by Crippen LogP contribution is 2.24. The highest BCUT2D eigenvalue weighted by molar-refractivity contribution is 5.96. The van der Waals surface area contributed by atoms with E-state index in [0.717, 1.165) is 5.56 Å². The standard InChI is InChI=1S/C24H36N4O5/c1-16(2)14-28-21(25)20(22(30)26-23(28)31)27(12-7-13-32-6)19(29)15-33-18-10-8-17(9-11-18)24(3,4)5/h8-11,16H,7,12-15,25H2,1-6H3,(H,26,30,31). The number of rotatable bonds is 10. The largest absolute Gasteiger partial charge is 0.484 e. The molecule has 2 aromatic rings. The molecule has 0 saturated heterocycles. The molecule has 0 bridgehead atoms. The number of ether oxygens (including phenoxy) is 2. The van der Waals surface area contributed by atoms with Crippen molar-refractivity contribution >= 4 is 17.4 Å². The Morgan fingerprint density at radius 2 is 1.82 bits per heavy atom. The van der Waals surface area contributed by atoms with Crippen LogP contribution < -0.4 is 26.6 Å². The van der Waals surface area contributed by atoms with Gasteiger partial charge in [-0.3, -0.25) is 19.1 Å². The highest BCUT2D eigenvalue weighted by Gasteiger charge is 2.25. The Morgan fingerprint density at radius 1 is 1.18 bits per heavy atom. The molecule has 1 amide bonds. The minimum atomic E-state index is -0.710. The summed E-state index contributed by atoms with van der Waals surface area (Å²) in [6.45, 7) is 10.8. The Labute approximate surface area is 194 Å². The molecule has 182 valence electrons. The molecule has 9 nitrogen and oxygen atoms in total.